The van der Waals surface area contributed by atoms with Gasteiger partial charge < -0.3 is 20.3 Å². The summed E-state index contributed by atoms with van der Waals surface area (Å²) in [7, 11) is 3.51. The summed E-state index contributed by atoms with van der Waals surface area (Å²) in [5.74, 6) is -0.00759. The number of amides is 1. The van der Waals surface area contributed by atoms with Gasteiger partial charge >= 0.3 is 0 Å². The summed E-state index contributed by atoms with van der Waals surface area (Å²) in [4.78, 5) is 16.1. The van der Waals surface area contributed by atoms with Crippen LogP contribution in [0.4, 0.5) is 11.4 Å². The van der Waals surface area contributed by atoms with E-state index in [9.17, 15) is 4.79 Å². The third-order valence-electron chi connectivity index (χ3n) is 3.42. The molecular weight excluding hydrogens is 254 g/mol. The first kappa shape index (κ1) is 14.7. The monoisotopic (exact) mass is 277 g/mol. The summed E-state index contributed by atoms with van der Waals surface area (Å²) in [5.41, 5.74) is 8.15. The lowest BCUT2D eigenvalue weighted by Crippen LogP contribution is -2.46. The van der Waals surface area contributed by atoms with Crippen molar-refractivity contribution in [1.29, 1.82) is 0 Å². The maximum atomic E-state index is 12.3. The number of benzene rings is 1. The average molecular weight is 277 g/mol. The Balaban J connectivity index is 2.38. The van der Waals surface area contributed by atoms with E-state index in [1.165, 1.54) is 0 Å². The van der Waals surface area contributed by atoms with Gasteiger partial charge in [-0.25, -0.2) is 0 Å². The second kappa shape index (κ2) is 5.71. The minimum Gasteiger partial charge on any atom is -0.399 e. The average Bonchev–Trinajstić information content (AvgIpc) is 2.36. The first-order chi connectivity index (χ1) is 9.38. The van der Waals surface area contributed by atoms with Gasteiger partial charge in [0.2, 0.25) is 0 Å². The number of carbonyl (C=O) groups is 1. The van der Waals surface area contributed by atoms with Crippen molar-refractivity contribution in [3.8, 4) is 0 Å². The molecule has 1 fully saturated rings. The topological polar surface area (TPSA) is 58.8 Å². The van der Waals surface area contributed by atoms with E-state index in [1.54, 1.807) is 31.1 Å². The second-order valence-corrected chi connectivity index (χ2v) is 5.64. The number of nitrogens with zero attached hydrogens (tertiary/aromatic N) is 2. The number of anilines is 2. The molecule has 110 valence electrons. The summed E-state index contributed by atoms with van der Waals surface area (Å²) in [6, 6.07) is 5.45. The molecular formula is C15H23N3O2. The highest BCUT2D eigenvalue weighted by atomic mass is 16.5. The number of rotatable bonds is 2. The molecule has 0 spiro atoms. The SMILES string of the molecule is CC1CN(c2cc(N)ccc2C(=O)N(C)C)CC(C)O1. The highest BCUT2D eigenvalue weighted by molar-refractivity contribution is 6.00. The van der Waals surface area contributed by atoms with Crippen molar-refractivity contribution >= 4 is 17.3 Å². The van der Waals surface area contributed by atoms with Crippen molar-refractivity contribution in [2.24, 2.45) is 0 Å². The quantitative estimate of drug-likeness (QED) is 0.834. The third-order valence-corrected chi connectivity index (χ3v) is 3.42. The van der Waals surface area contributed by atoms with E-state index in [2.05, 4.69) is 4.90 Å². The summed E-state index contributed by atoms with van der Waals surface area (Å²) in [6.45, 7) is 5.62. The zero-order valence-electron chi connectivity index (χ0n) is 12.6. The Hall–Kier alpha value is -1.75. The Bertz CT molecular complexity index is 492. The summed E-state index contributed by atoms with van der Waals surface area (Å²) in [6.07, 6.45) is 0.282. The molecule has 1 aliphatic heterocycles. The van der Waals surface area contributed by atoms with Crippen LogP contribution >= 0.6 is 0 Å². The highest BCUT2D eigenvalue weighted by Gasteiger charge is 2.26. The van der Waals surface area contributed by atoms with Crippen molar-refractivity contribution in [2.75, 3.05) is 37.8 Å². The van der Waals surface area contributed by atoms with Crippen molar-refractivity contribution < 1.29 is 9.53 Å². The van der Waals surface area contributed by atoms with Crippen molar-refractivity contribution in [3.05, 3.63) is 23.8 Å². The van der Waals surface area contributed by atoms with E-state index in [1.807, 2.05) is 19.9 Å². The molecule has 5 nitrogen and oxygen atoms in total. The predicted octanol–water partition coefficient (Wildman–Crippen LogP) is 1.58. The maximum absolute atomic E-state index is 12.3. The van der Waals surface area contributed by atoms with E-state index >= 15 is 0 Å². The lowest BCUT2D eigenvalue weighted by molar-refractivity contribution is -0.00528. The molecule has 0 bridgehead atoms. The molecule has 2 atom stereocenters. The highest BCUT2D eigenvalue weighted by Crippen LogP contribution is 2.27. The number of nitrogens with two attached hydrogens (primary N) is 1. The van der Waals surface area contributed by atoms with Gasteiger partial charge in [0.15, 0.2) is 0 Å². The van der Waals surface area contributed by atoms with Gasteiger partial charge in [-0.2, -0.15) is 0 Å². The Morgan fingerprint density at radius 3 is 2.45 bits per heavy atom. The predicted molar refractivity (Wildman–Crippen MR) is 81.1 cm³/mol. The molecule has 1 heterocycles. The van der Waals surface area contributed by atoms with Crippen molar-refractivity contribution in [2.45, 2.75) is 26.1 Å². The third kappa shape index (κ3) is 3.04. The van der Waals surface area contributed by atoms with Crippen LogP contribution in [0, 0.1) is 0 Å². The molecule has 1 aromatic carbocycles. The van der Waals surface area contributed by atoms with Gasteiger partial charge in [0, 0.05) is 32.9 Å². The van der Waals surface area contributed by atoms with Gasteiger partial charge in [0.25, 0.3) is 5.91 Å². The first-order valence-electron chi connectivity index (χ1n) is 6.90. The van der Waals surface area contributed by atoms with Crippen LogP contribution in [0.5, 0.6) is 0 Å². The fourth-order valence-corrected chi connectivity index (χ4v) is 2.61. The van der Waals surface area contributed by atoms with Crippen LogP contribution in [-0.2, 0) is 4.74 Å². The van der Waals surface area contributed by atoms with Gasteiger partial charge in [-0.3, -0.25) is 4.79 Å². The van der Waals surface area contributed by atoms with Crippen LogP contribution in [0.15, 0.2) is 18.2 Å². The zero-order chi connectivity index (χ0) is 14.9. The van der Waals surface area contributed by atoms with Crippen LogP contribution in [0.3, 0.4) is 0 Å². The van der Waals surface area contributed by atoms with E-state index in [0.29, 0.717) is 11.3 Å². The minimum atomic E-state index is -0.00759. The Labute approximate surface area is 120 Å². The molecule has 0 aromatic heterocycles. The van der Waals surface area contributed by atoms with E-state index in [0.717, 1.165) is 18.8 Å². The van der Waals surface area contributed by atoms with E-state index < -0.39 is 0 Å². The molecule has 1 saturated heterocycles. The van der Waals surface area contributed by atoms with Crippen LogP contribution < -0.4 is 10.6 Å². The van der Waals surface area contributed by atoms with Crippen LogP contribution in [0.1, 0.15) is 24.2 Å². The lowest BCUT2D eigenvalue weighted by atomic mass is 10.1. The fourth-order valence-electron chi connectivity index (χ4n) is 2.61. The summed E-state index contributed by atoms with van der Waals surface area (Å²) in [5, 5.41) is 0. The van der Waals surface area contributed by atoms with Crippen molar-refractivity contribution in [1.82, 2.24) is 4.90 Å². The largest absolute Gasteiger partial charge is 0.399 e. The van der Waals surface area contributed by atoms with E-state index in [4.69, 9.17) is 10.5 Å². The van der Waals surface area contributed by atoms with Gasteiger partial charge in [0.05, 0.1) is 23.5 Å². The molecule has 2 N–H and O–H groups in total. The van der Waals surface area contributed by atoms with Crippen LogP contribution in [-0.4, -0.2) is 50.2 Å². The van der Waals surface area contributed by atoms with Crippen LogP contribution in [0.2, 0.25) is 0 Å². The summed E-state index contributed by atoms with van der Waals surface area (Å²) >= 11 is 0. The smallest absolute Gasteiger partial charge is 0.255 e. The zero-order valence-corrected chi connectivity index (χ0v) is 12.6. The fraction of sp³-hybridized carbons (Fsp3) is 0.533. The number of ether oxygens (including phenoxy) is 1. The number of morpholine rings is 1. The summed E-state index contributed by atoms with van der Waals surface area (Å²) < 4.78 is 5.75. The number of hydrogen-bond donors (Lipinski definition) is 1. The molecule has 0 radical (unpaired) electrons. The Morgan fingerprint density at radius 1 is 1.30 bits per heavy atom. The molecule has 1 aromatic rings. The molecule has 0 aliphatic carbocycles. The molecule has 2 rings (SSSR count). The first-order valence-corrected chi connectivity index (χ1v) is 6.90. The molecule has 20 heavy (non-hydrogen) atoms. The Kier molecular flexibility index (Phi) is 4.18. The van der Waals surface area contributed by atoms with Gasteiger partial charge in [-0.1, -0.05) is 0 Å². The molecule has 5 heteroatoms. The normalized spacial score (nSPS) is 22.7. The standard InChI is InChI=1S/C15H23N3O2/c1-10-8-18(9-11(2)20-10)14-7-12(16)5-6-13(14)15(19)17(3)4/h5-7,10-11H,8-9,16H2,1-4H3. The molecule has 1 aliphatic rings. The number of nitrogen functional groups attached to an aromatic ring is 1. The lowest BCUT2D eigenvalue weighted by Gasteiger charge is -2.37. The molecule has 2 unspecified atom stereocenters. The minimum absolute atomic E-state index is 0.00759. The Morgan fingerprint density at radius 2 is 1.90 bits per heavy atom. The van der Waals surface area contributed by atoms with Crippen molar-refractivity contribution in [3.63, 3.8) is 0 Å². The van der Waals surface area contributed by atoms with Crippen LogP contribution in [0.25, 0.3) is 0 Å². The van der Waals surface area contributed by atoms with Gasteiger partial charge in [-0.15, -0.1) is 0 Å². The van der Waals surface area contributed by atoms with Gasteiger partial charge in [0.1, 0.15) is 0 Å². The van der Waals surface area contributed by atoms with Gasteiger partial charge in [-0.05, 0) is 32.0 Å². The number of carbonyl (C=O) groups excluding carboxylic acids is 1. The maximum Gasteiger partial charge on any atom is 0.255 e. The molecule has 1 amide bonds. The van der Waals surface area contributed by atoms with E-state index in [-0.39, 0.29) is 18.1 Å². The number of hydrogen-bond acceptors (Lipinski definition) is 4. The second-order valence-electron chi connectivity index (χ2n) is 5.64. The molecule has 0 saturated carbocycles.